The highest BCUT2D eigenvalue weighted by molar-refractivity contribution is 7.26. The quantitative estimate of drug-likeness (QED) is 0.189. The van der Waals surface area contributed by atoms with Gasteiger partial charge in [-0.15, -0.1) is 11.3 Å². The molecule has 2 heteroatoms. The number of nitrogens with zero attached hydrogens (tertiary/aromatic N) is 1. The van der Waals surface area contributed by atoms with Crippen LogP contribution in [0.3, 0.4) is 0 Å². The van der Waals surface area contributed by atoms with E-state index in [1.165, 1.54) is 64.0 Å². The number of rotatable bonds is 5. The maximum Gasteiger partial charge on any atom is 0.0468 e. The van der Waals surface area contributed by atoms with Crippen LogP contribution in [0.2, 0.25) is 0 Å². The summed E-state index contributed by atoms with van der Waals surface area (Å²) >= 11 is 1.88. The van der Waals surface area contributed by atoms with E-state index in [1.807, 2.05) is 11.3 Å². The number of thiophene rings is 1. The van der Waals surface area contributed by atoms with Crippen LogP contribution in [0.25, 0.3) is 64.0 Å². The first-order chi connectivity index (χ1) is 22.8. The molecular formula is C44H29NS. The van der Waals surface area contributed by atoms with Crippen molar-refractivity contribution in [1.82, 2.24) is 0 Å². The summed E-state index contributed by atoms with van der Waals surface area (Å²) in [7, 11) is 0. The van der Waals surface area contributed by atoms with Gasteiger partial charge in [0.2, 0.25) is 0 Å². The Bertz CT molecular complexity index is 2530. The van der Waals surface area contributed by atoms with E-state index in [9.17, 15) is 0 Å². The normalized spacial score (nSPS) is 11.5. The SMILES string of the molecule is c1cc(-c2cccc3c2sc2ccccc23)cc(N(c2ccc(-c3cccc4ccccc34)cc2)c2ccc3ccccc3c2)c1. The molecule has 0 aliphatic rings. The maximum absolute atomic E-state index is 2.38. The largest absolute Gasteiger partial charge is 0.310 e. The Balaban J connectivity index is 1.19. The summed E-state index contributed by atoms with van der Waals surface area (Å²) in [5.74, 6) is 0. The molecule has 0 amide bonds. The summed E-state index contributed by atoms with van der Waals surface area (Å²) in [5.41, 5.74) is 8.33. The van der Waals surface area contributed by atoms with Gasteiger partial charge in [-0.05, 0) is 86.3 Å². The molecule has 0 aliphatic carbocycles. The molecule has 46 heavy (non-hydrogen) atoms. The predicted molar refractivity (Wildman–Crippen MR) is 200 cm³/mol. The zero-order valence-electron chi connectivity index (χ0n) is 25.1. The second-order valence-corrected chi connectivity index (χ2v) is 12.8. The number of benzene rings is 8. The molecule has 1 aromatic heterocycles. The molecule has 0 N–H and O–H groups in total. The summed E-state index contributed by atoms with van der Waals surface area (Å²) < 4.78 is 2.66. The summed E-state index contributed by atoms with van der Waals surface area (Å²) in [6.07, 6.45) is 0. The van der Waals surface area contributed by atoms with Crippen LogP contribution in [0.15, 0.2) is 176 Å². The van der Waals surface area contributed by atoms with Gasteiger partial charge in [0.15, 0.2) is 0 Å². The highest BCUT2D eigenvalue weighted by Gasteiger charge is 2.16. The van der Waals surface area contributed by atoms with Crippen molar-refractivity contribution in [2.75, 3.05) is 4.90 Å². The Morgan fingerprint density at radius 1 is 0.348 bits per heavy atom. The van der Waals surface area contributed by atoms with Gasteiger partial charge in [-0.3, -0.25) is 0 Å². The van der Waals surface area contributed by atoms with Gasteiger partial charge in [-0.1, -0.05) is 133 Å². The van der Waals surface area contributed by atoms with E-state index in [1.54, 1.807) is 0 Å². The molecule has 0 aliphatic heterocycles. The van der Waals surface area contributed by atoms with Crippen molar-refractivity contribution in [1.29, 1.82) is 0 Å². The molecule has 0 saturated carbocycles. The predicted octanol–water partition coefficient (Wildman–Crippen LogP) is 13.2. The number of fused-ring (bicyclic) bond motifs is 5. The van der Waals surface area contributed by atoms with E-state index in [0.717, 1.165) is 17.1 Å². The molecule has 1 nitrogen and oxygen atoms in total. The standard InChI is InChI=1S/C44H29NS/c1-2-12-33-28-37(27-22-30(33)10-1)45(35-25-23-32(24-26-35)39-18-8-13-31-11-3-4-16-38(31)39)36-15-7-14-34(29-36)40-19-9-20-42-41-17-5-6-21-43(41)46-44(40)42/h1-29H. The minimum Gasteiger partial charge on any atom is -0.310 e. The second-order valence-electron chi connectivity index (χ2n) is 11.8. The zero-order chi connectivity index (χ0) is 30.5. The molecule has 0 unspecified atom stereocenters. The summed E-state index contributed by atoms with van der Waals surface area (Å²) in [4.78, 5) is 2.38. The third kappa shape index (κ3) is 4.54. The molecule has 0 radical (unpaired) electrons. The average molecular weight is 604 g/mol. The Morgan fingerprint density at radius 2 is 0.978 bits per heavy atom. The summed E-state index contributed by atoms with van der Waals surface area (Å²) in [5, 5.41) is 7.63. The van der Waals surface area contributed by atoms with Gasteiger partial charge in [-0.2, -0.15) is 0 Å². The molecule has 9 aromatic rings. The van der Waals surface area contributed by atoms with Gasteiger partial charge in [0.1, 0.15) is 0 Å². The highest BCUT2D eigenvalue weighted by atomic mass is 32.1. The van der Waals surface area contributed by atoms with Crippen LogP contribution in [0, 0.1) is 0 Å². The minimum atomic E-state index is 1.12. The van der Waals surface area contributed by atoms with Crippen molar-refractivity contribution in [2.45, 2.75) is 0 Å². The third-order valence-electron chi connectivity index (χ3n) is 9.04. The second kappa shape index (κ2) is 11.0. The van der Waals surface area contributed by atoms with Gasteiger partial charge in [0.25, 0.3) is 0 Å². The fraction of sp³-hybridized carbons (Fsp3) is 0. The molecule has 216 valence electrons. The first kappa shape index (κ1) is 26.7. The fourth-order valence-corrected chi connectivity index (χ4v) is 8.06. The minimum absolute atomic E-state index is 1.12. The van der Waals surface area contributed by atoms with E-state index in [4.69, 9.17) is 0 Å². The van der Waals surface area contributed by atoms with Crippen LogP contribution >= 0.6 is 11.3 Å². The summed E-state index contributed by atoms with van der Waals surface area (Å²) in [6.45, 7) is 0. The number of anilines is 3. The van der Waals surface area contributed by atoms with Crippen molar-refractivity contribution < 1.29 is 0 Å². The van der Waals surface area contributed by atoms with Gasteiger partial charge < -0.3 is 4.90 Å². The molecule has 1 heterocycles. The van der Waals surface area contributed by atoms with Crippen LogP contribution < -0.4 is 4.90 Å². The van der Waals surface area contributed by atoms with E-state index in [-0.39, 0.29) is 0 Å². The van der Waals surface area contributed by atoms with Gasteiger partial charge in [0, 0.05) is 37.2 Å². The van der Waals surface area contributed by atoms with Gasteiger partial charge in [-0.25, -0.2) is 0 Å². The van der Waals surface area contributed by atoms with E-state index in [2.05, 4.69) is 181 Å². The average Bonchev–Trinajstić information content (AvgIpc) is 3.51. The van der Waals surface area contributed by atoms with Crippen molar-refractivity contribution in [3.05, 3.63) is 176 Å². The van der Waals surface area contributed by atoms with Crippen molar-refractivity contribution >= 4 is 70.1 Å². The molecule has 8 aromatic carbocycles. The number of hydrogen-bond acceptors (Lipinski definition) is 2. The summed E-state index contributed by atoms with van der Waals surface area (Å²) in [6, 6.07) is 64.0. The third-order valence-corrected chi connectivity index (χ3v) is 10.3. The molecule has 0 bridgehead atoms. The van der Waals surface area contributed by atoms with Crippen LogP contribution in [0.5, 0.6) is 0 Å². The molecule has 0 atom stereocenters. The van der Waals surface area contributed by atoms with Crippen LogP contribution in [0.1, 0.15) is 0 Å². The smallest absolute Gasteiger partial charge is 0.0468 e. The molecule has 9 rings (SSSR count). The lowest BCUT2D eigenvalue weighted by Crippen LogP contribution is -2.10. The van der Waals surface area contributed by atoms with Crippen molar-refractivity contribution in [2.24, 2.45) is 0 Å². The number of hydrogen-bond donors (Lipinski definition) is 0. The van der Waals surface area contributed by atoms with Crippen LogP contribution in [-0.4, -0.2) is 0 Å². The Morgan fingerprint density at radius 3 is 1.87 bits per heavy atom. The van der Waals surface area contributed by atoms with Crippen LogP contribution in [0.4, 0.5) is 17.1 Å². The topological polar surface area (TPSA) is 3.24 Å². The Hall–Kier alpha value is -5.70. The monoisotopic (exact) mass is 603 g/mol. The lowest BCUT2D eigenvalue weighted by Gasteiger charge is -2.26. The molecule has 0 saturated heterocycles. The Kier molecular flexibility index (Phi) is 6.40. The zero-order valence-corrected chi connectivity index (χ0v) is 25.9. The van der Waals surface area contributed by atoms with Crippen molar-refractivity contribution in [3.8, 4) is 22.3 Å². The van der Waals surface area contributed by atoms with Crippen molar-refractivity contribution in [3.63, 3.8) is 0 Å². The van der Waals surface area contributed by atoms with E-state index >= 15 is 0 Å². The lowest BCUT2D eigenvalue weighted by molar-refractivity contribution is 1.29. The molecular weight excluding hydrogens is 575 g/mol. The maximum atomic E-state index is 2.38. The van der Waals surface area contributed by atoms with Gasteiger partial charge >= 0.3 is 0 Å². The first-order valence-electron chi connectivity index (χ1n) is 15.7. The highest BCUT2D eigenvalue weighted by Crippen LogP contribution is 2.43. The molecule has 0 spiro atoms. The Labute approximate surface area is 272 Å². The lowest BCUT2D eigenvalue weighted by atomic mass is 9.98. The first-order valence-corrected chi connectivity index (χ1v) is 16.5. The van der Waals surface area contributed by atoms with Gasteiger partial charge in [0.05, 0.1) is 0 Å². The molecule has 0 fully saturated rings. The van der Waals surface area contributed by atoms with E-state index < -0.39 is 0 Å². The van der Waals surface area contributed by atoms with Crippen LogP contribution in [-0.2, 0) is 0 Å². The fourth-order valence-electron chi connectivity index (χ4n) is 6.82. The van der Waals surface area contributed by atoms with E-state index in [0.29, 0.717) is 0 Å².